The van der Waals surface area contributed by atoms with Crippen LogP contribution in [-0.4, -0.2) is 96.7 Å². The van der Waals surface area contributed by atoms with E-state index in [4.69, 9.17) is 37.0 Å². The lowest BCUT2D eigenvalue weighted by molar-refractivity contribution is -0.161. The van der Waals surface area contributed by atoms with Crippen LogP contribution in [-0.2, 0) is 65.4 Å². The highest BCUT2D eigenvalue weighted by Gasteiger charge is 2.30. The van der Waals surface area contributed by atoms with Crippen LogP contribution in [0.25, 0.3) is 0 Å². The van der Waals surface area contributed by atoms with E-state index < -0.39 is 97.5 Å². The fourth-order valence-electron chi connectivity index (χ4n) is 10.3. The Morgan fingerprint density at radius 1 is 0.290 bits per heavy atom. The van der Waals surface area contributed by atoms with Gasteiger partial charge in [-0.3, -0.25) is 37.3 Å². The number of allylic oxidation sites excluding steroid dienone is 18. The van der Waals surface area contributed by atoms with Gasteiger partial charge in [0.25, 0.3) is 0 Å². The molecule has 0 aromatic carbocycles. The number of esters is 4. The van der Waals surface area contributed by atoms with E-state index in [0.29, 0.717) is 32.1 Å². The minimum absolute atomic E-state index is 0.0320. The van der Waals surface area contributed by atoms with Crippen molar-refractivity contribution < 1.29 is 80.2 Å². The molecule has 17 nitrogen and oxygen atoms in total. The Labute approximate surface area is 607 Å². The van der Waals surface area contributed by atoms with Crippen molar-refractivity contribution in [3.63, 3.8) is 0 Å². The highest BCUT2D eigenvalue weighted by Crippen LogP contribution is 2.45. The molecule has 0 aromatic heterocycles. The summed E-state index contributed by atoms with van der Waals surface area (Å²) in [6, 6.07) is 0. The molecule has 0 spiro atoms. The van der Waals surface area contributed by atoms with Crippen LogP contribution in [0.3, 0.4) is 0 Å². The molecular weight excluding hydrogens is 1310 g/mol. The first kappa shape index (κ1) is 95.7. The van der Waals surface area contributed by atoms with Crippen molar-refractivity contribution in [1.82, 2.24) is 0 Å². The molecule has 0 heterocycles. The molecule has 0 rings (SSSR count). The molecule has 0 bridgehead atoms. The predicted octanol–water partition coefficient (Wildman–Crippen LogP) is 22.6. The maximum Gasteiger partial charge on any atom is 0.472 e. The van der Waals surface area contributed by atoms with Crippen LogP contribution in [0, 0.1) is 0 Å². The summed E-state index contributed by atoms with van der Waals surface area (Å²) < 4.78 is 68.4. The molecule has 3 N–H and O–H groups in total. The van der Waals surface area contributed by atoms with Crippen LogP contribution in [0.4, 0.5) is 0 Å². The molecule has 0 fully saturated rings. The fourth-order valence-corrected chi connectivity index (χ4v) is 11.9. The third-order valence-corrected chi connectivity index (χ3v) is 18.1. The first-order valence-electron chi connectivity index (χ1n) is 39.1. The number of ether oxygens (including phenoxy) is 4. The molecule has 19 heteroatoms. The largest absolute Gasteiger partial charge is 0.472 e. The monoisotopic (exact) mass is 1450 g/mol. The van der Waals surface area contributed by atoms with Crippen molar-refractivity contribution in [3.05, 3.63) is 109 Å². The molecule has 576 valence electrons. The Hall–Kier alpha value is -4.28. The van der Waals surface area contributed by atoms with Crippen LogP contribution in [0.5, 0.6) is 0 Å². The number of hydrogen-bond donors (Lipinski definition) is 3. The Bertz CT molecular complexity index is 2320. The maximum atomic E-state index is 13.1. The van der Waals surface area contributed by atoms with Gasteiger partial charge in [-0.1, -0.05) is 291 Å². The predicted molar refractivity (Wildman–Crippen MR) is 408 cm³/mol. The van der Waals surface area contributed by atoms with E-state index in [1.165, 1.54) is 89.9 Å². The molecule has 0 radical (unpaired) electrons. The van der Waals surface area contributed by atoms with E-state index >= 15 is 0 Å². The van der Waals surface area contributed by atoms with Gasteiger partial charge in [-0.2, -0.15) is 0 Å². The highest BCUT2D eigenvalue weighted by molar-refractivity contribution is 7.47. The second-order valence-corrected chi connectivity index (χ2v) is 28.8. The molecule has 0 aliphatic heterocycles. The van der Waals surface area contributed by atoms with E-state index in [0.717, 1.165) is 148 Å². The van der Waals surface area contributed by atoms with Gasteiger partial charge in [0.2, 0.25) is 0 Å². The van der Waals surface area contributed by atoms with Crippen molar-refractivity contribution in [1.29, 1.82) is 0 Å². The number of phosphoric ester groups is 2. The molecule has 0 aromatic rings. The second-order valence-electron chi connectivity index (χ2n) is 25.9. The standard InChI is InChI=1S/C81H140O17P2/c1-5-9-13-17-21-25-29-33-35-36-37-38-40-44-46-50-54-58-62-66-79(84)92-72-77(98-81(86)68-64-60-56-52-48-42-32-28-24-20-16-12-8-4)74-96-100(89,90)94-70-75(82)69-93-99(87,88)95-73-76(97-80(85)67-63-59-55-51-47-41-31-27-23-19-15-11-7-3)71-91-78(83)65-61-57-53-49-45-43-39-34-30-26-22-18-14-10-6-2/h9,13,16,20-21,25,28,32-35,37-39,44,46,54,58,75-77,82H,5-8,10-12,14-15,17-19,22-24,26-27,29-31,36,40-43,45,47-53,55-57,59-74H2,1-4H3,(H,87,88)(H,89,90)/b13-9-,20-16-,25-21-,32-28-,35-33-,38-37-,39-34-,46-44-,58-54-. The van der Waals surface area contributed by atoms with Crippen LogP contribution < -0.4 is 0 Å². The maximum absolute atomic E-state index is 13.1. The van der Waals surface area contributed by atoms with Gasteiger partial charge in [0.15, 0.2) is 12.2 Å². The van der Waals surface area contributed by atoms with Crippen LogP contribution in [0.2, 0.25) is 0 Å². The number of rotatable bonds is 73. The summed E-state index contributed by atoms with van der Waals surface area (Å²) in [5, 5.41) is 10.6. The molecular formula is C81H140O17P2. The van der Waals surface area contributed by atoms with E-state index in [-0.39, 0.29) is 25.7 Å². The summed E-state index contributed by atoms with van der Waals surface area (Å²) in [5.74, 6) is -2.28. The van der Waals surface area contributed by atoms with Gasteiger partial charge in [0, 0.05) is 25.7 Å². The van der Waals surface area contributed by atoms with Gasteiger partial charge in [0.05, 0.1) is 26.4 Å². The van der Waals surface area contributed by atoms with Gasteiger partial charge in [-0.15, -0.1) is 0 Å². The number of unbranched alkanes of at least 4 members (excludes halogenated alkanes) is 29. The van der Waals surface area contributed by atoms with Gasteiger partial charge < -0.3 is 33.8 Å². The van der Waals surface area contributed by atoms with E-state index in [2.05, 4.69) is 119 Å². The number of hydrogen-bond acceptors (Lipinski definition) is 15. The third kappa shape index (κ3) is 72.1. The lowest BCUT2D eigenvalue weighted by Crippen LogP contribution is -2.30. The fraction of sp³-hybridized carbons (Fsp3) is 0.728. The molecule has 0 aliphatic carbocycles. The number of aliphatic hydroxyl groups excluding tert-OH is 1. The quantitative estimate of drug-likeness (QED) is 0.0169. The minimum Gasteiger partial charge on any atom is -0.462 e. The Morgan fingerprint density at radius 3 is 0.910 bits per heavy atom. The van der Waals surface area contributed by atoms with E-state index in [1.807, 2.05) is 18.2 Å². The average molecular weight is 1450 g/mol. The van der Waals surface area contributed by atoms with Crippen molar-refractivity contribution in [2.24, 2.45) is 0 Å². The van der Waals surface area contributed by atoms with Crippen LogP contribution in [0.1, 0.15) is 323 Å². The van der Waals surface area contributed by atoms with Gasteiger partial charge in [0.1, 0.15) is 19.3 Å². The minimum atomic E-state index is -4.99. The van der Waals surface area contributed by atoms with Crippen LogP contribution in [0.15, 0.2) is 109 Å². The molecule has 100 heavy (non-hydrogen) atoms. The van der Waals surface area contributed by atoms with Gasteiger partial charge >= 0.3 is 39.5 Å². The smallest absolute Gasteiger partial charge is 0.462 e. The molecule has 5 unspecified atom stereocenters. The average Bonchev–Trinajstić information content (AvgIpc) is 0.935. The zero-order valence-electron chi connectivity index (χ0n) is 62.8. The zero-order valence-corrected chi connectivity index (χ0v) is 64.6. The van der Waals surface area contributed by atoms with E-state index in [9.17, 15) is 43.2 Å². The molecule has 0 saturated heterocycles. The summed E-state index contributed by atoms with van der Waals surface area (Å²) in [6.07, 6.45) is 78.0. The number of phosphoric acid groups is 2. The number of carbonyl (C=O) groups is 4. The Morgan fingerprint density at radius 2 is 0.560 bits per heavy atom. The number of carbonyl (C=O) groups excluding carboxylic acids is 4. The second kappa shape index (κ2) is 73.0. The summed E-state index contributed by atoms with van der Waals surface area (Å²) in [7, 11) is -9.97. The molecule has 0 amide bonds. The summed E-state index contributed by atoms with van der Waals surface area (Å²) in [6.45, 7) is 4.60. The molecule has 0 aliphatic rings. The third-order valence-electron chi connectivity index (χ3n) is 16.2. The summed E-state index contributed by atoms with van der Waals surface area (Å²) in [4.78, 5) is 72.9. The first-order chi connectivity index (χ1) is 48.7. The van der Waals surface area contributed by atoms with Crippen molar-refractivity contribution in [2.75, 3.05) is 39.6 Å². The topological polar surface area (TPSA) is 237 Å². The molecule has 0 saturated carbocycles. The Balaban J connectivity index is 5.40. The van der Waals surface area contributed by atoms with Crippen LogP contribution >= 0.6 is 15.6 Å². The summed E-state index contributed by atoms with van der Waals surface area (Å²) >= 11 is 0. The first-order valence-corrected chi connectivity index (χ1v) is 42.1. The van der Waals surface area contributed by atoms with Gasteiger partial charge in [-0.05, 0) is 116 Å². The lowest BCUT2D eigenvalue weighted by atomic mass is 10.0. The normalized spacial score (nSPS) is 14.5. The van der Waals surface area contributed by atoms with Crippen molar-refractivity contribution >= 4 is 39.5 Å². The number of aliphatic hydroxyl groups is 1. The summed E-state index contributed by atoms with van der Waals surface area (Å²) in [5.41, 5.74) is 0. The zero-order chi connectivity index (χ0) is 73.2. The SMILES string of the molecule is CC/C=C\C/C=C\C/C=C\C/C=C\C/C=C\C/C=C\CCC(=O)OCC(COP(=O)(O)OCC(O)COP(=O)(O)OCC(COC(=O)CCCCCCC/C=C\CCCCCCCC)OC(=O)CCCCCCCCCCCCCCC)OC(=O)CCCCCCC/C=C\C/C=C\CCC. The highest BCUT2D eigenvalue weighted by atomic mass is 31.2. The van der Waals surface area contributed by atoms with Gasteiger partial charge in [-0.25, -0.2) is 9.13 Å². The van der Waals surface area contributed by atoms with E-state index in [1.54, 1.807) is 0 Å². The molecule has 5 atom stereocenters. The van der Waals surface area contributed by atoms with Crippen molar-refractivity contribution in [2.45, 2.75) is 341 Å². The van der Waals surface area contributed by atoms with Crippen molar-refractivity contribution in [3.8, 4) is 0 Å². The Kier molecular flexibility index (Phi) is 69.9. The lowest BCUT2D eigenvalue weighted by Gasteiger charge is -2.21.